The van der Waals surface area contributed by atoms with Crippen LogP contribution in [0.3, 0.4) is 0 Å². The van der Waals surface area contributed by atoms with E-state index in [0.717, 1.165) is 12.0 Å². The van der Waals surface area contributed by atoms with E-state index in [4.69, 9.17) is 0 Å². The fourth-order valence-electron chi connectivity index (χ4n) is 3.53. The minimum Gasteiger partial charge on any atom is -0.313 e. The largest absolute Gasteiger partial charge is 0.313 e. The Labute approximate surface area is 128 Å². The summed E-state index contributed by atoms with van der Waals surface area (Å²) in [6, 6.07) is 0.777. The first-order chi connectivity index (χ1) is 9.24. The van der Waals surface area contributed by atoms with E-state index in [1.807, 2.05) is 0 Å². The van der Waals surface area contributed by atoms with Crippen molar-refractivity contribution in [2.24, 2.45) is 16.7 Å². The van der Waals surface area contributed by atoms with Crippen LogP contribution in [0.25, 0.3) is 0 Å². The predicted molar refractivity (Wildman–Crippen MR) is 91.1 cm³/mol. The lowest BCUT2D eigenvalue weighted by molar-refractivity contribution is 0.154. The zero-order valence-electron chi connectivity index (χ0n) is 15.0. The summed E-state index contributed by atoms with van der Waals surface area (Å²) in [7, 11) is 0. The summed E-state index contributed by atoms with van der Waals surface area (Å²) in [6.07, 6.45) is 11.1. The van der Waals surface area contributed by atoms with Gasteiger partial charge in [0, 0.05) is 12.6 Å². The number of hydrogen-bond donors (Lipinski definition) is 1. The molecule has 0 amide bonds. The van der Waals surface area contributed by atoms with Gasteiger partial charge >= 0.3 is 0 Å². The second-order valence-corrected chi connectivity index (χ2v) is 8.92. The number of rotatable bonds is 7. The Morgan fingerprint density at radius 2 is 1.50 bits per heavy atom. The highest BCUT2D eigenvalue weighted by Crippen LogP contribution is 2.38. The van der Waals surface area contributed by atoms with Crippen LogP contribution in [0.2, 0.25) is 0 Å². The van der Waals surface area contributed by atoms with Gasteiger partial charge in [-0.1, -0.05) is 60.8 Å². The van der Waals surface area contributed by atoms with Crippen LogP contribution in [0.4, 0.5) is 0 Å². The van der Waals surface area contributed by atoms with Gasteiger partial charge in [0.1, 0.15) is 0 Å². The van der Waals surface area contributed by atoms with Crippen LogP contribution in [-0.2, 0) is 0 Å². The van der Waals surface area contributed by atoms with Gasteiger partial charge in [-0.15, -0.1) is 0 Å². The van der Waals surface area contributed by atoms with Crippen molar-refractivity contribution in [2.75, 3.05) is 6.54 Å². The van der Waals surface area contributed by atoms with Gasteiger partial charge in [0.05, 0.1) is 0 Å². The maximum Gasteiger partial charge on any atom is 0.00675 e. The molecule has 1 N–H and O–H groups in total. The van der Waals surface area contributed by atoms with Crippen LogP contribution in [0.5, 0.6) is 0 Å². The molecule has 120 valence electrons. The van der Waals surface area contributed by atoms with Crippen LogP contribution in [-0.4, -0.2) is 12.6 Å². The average molecular weight is 282 g/mol. The Balaban J connectivity index is 2.23. The Morgan fingerprint density at radius 3 is 2.00 bits per heavy atom. The number of nitrogens with one attached hydrogen (secondary N) is 1. The van der Waals surface area contributed by atoms with Crippen molar-refractivity contribution in [3.8, 4) is 0 Å². The summed E-state index contributed by atoms with van der Waals surface area (Å²) in [5.41, 5.74) is 0.973. The van der Waals surface area contributed by atoms with E-state index < -0.39 is 0 Å². The molecule has 0 aliphatic heterocycles. The highest BCUT2D eigenvalue weighted by molar-refractivity contribution is 4.84. The monoisotopic (exact) mass is 281 g/mol. The Kier molecular flexibility index (Phi) is 7.04. The van der Waals surface area contributed by atoms with Gasteiger partial charge in [0.15, 0.2) is 0 Å². The highest BCUT2D eigenvalue weighted by Gasteiger charge is 2.30. The van der Waals surface area contributed by atoms with Crippen LogP contribution in [0.1, 0.15) is 92.9 Å². The quantitative estimate of drug-likeness (QED) is 0.583. The molecule has 1 rings (SSSR count). The first-order valence-electron chi connectivity index (χ1n) is 8.98. The lowest BCUT2D eigenvalue weighted by Gasteiger charge is -2.38. The molecule has 0 heterocycles. The van der Waals surface area contributed by atoms with E-state index in [1.54, 1.807) is 0 Å². The van der Waals surface area contributed by atoms with Crippen LogP contribution in [0.15, 0.2) is 0 Å². The molecular weight excluding hydrogens is 242 g/mol. The number of unbranched alkanes of at least 4 members (excludes halogenated alkanes) is 2. The summed E-state index contributed by atoms with van der Waals surface area (Å²) in [5, 5.41) is 3.86. The summed E-state index contributed by atoms with van der Waals surface area (Å²) in [5.74, 6) is 0.929. The van der Waals surface area contributed by atoms with Crippen molar-refractivity contribution in [3.63, 3.8) is 0 Å². The average Bonchev–Trinajstić information content (AvgIpc) is 2.36. The molecule has 0 spiro atoms. The summed E-state index contributed by atoms with van der Waals surface area (Å²) in [6.45, 7) is 15.6. The van der Waals surface area contributed by atoms with Crippen LogP contribution in [0, 0.1) is 16.7 Å². The smallest absolute Gasteiger partial charge is 0.00675 e. The molecule has 0 radical (unpaired) electrons. The van der Waals surface area contributed by atoms with Crippen LogP contribution < -0.4 is 5.32 Å². The van der Waals surface area contributed by atoms with Crippen molar-refractivity contribution in [1.82, 2.24) is 5.32 Å². The highest BCUT2D eigenvalue weighted by atomic mass is 14.9. The van der Waals surface area contributed by atoms with Crippen molar-refractivity contribution in [1.29, 1.82) is 0 Å². The third-order valence-electron chi connectivity index (χ3n) is 5.28. The first-order valence-corrected chi connectivity index (χ1v) is 8.98. The fourth-order valence-corrected chi connectivity index (χ4v) is 3.53. The molecule has 1 aliphatic carbocycles. The van der Waals surface area contributed by atoms with E-state index >= 15 is 0 Å². The zero-order chi connectivity index (χ0) is 15.2. The third-order valence-corrected chi connectivity index (χ3v) is 5.28. The first kappa shape index (κ1) is 18.0. The molecular formula is C19H39N. The molecule has 0 aromatic carbocycles. The molecule has 0 unspecified atom stereocenters. The van der Waals surface area contributed by atoms with Crippen LogP contribution >= 0.6 is 0 Å². The molecule has 1 nitrogen and oxygen atoms in total. The normalized spacial score (nSPS) is 24.9. The van der Waals surface area contributed by atoms with E-state index in [0.29, 0.717) is 10.8 Å². The molecule has 1 aliphatic rings. The lowest BCUT2D eigenvalue weighted by atomic mass is 9.71. The van der Waals surface area contributed by atoms with E-state index in [1.165, 1.54) is 57.9 Å². The maximum atomic E-state index is 3.86. The fraction of sp³-hybridized carbons (Fsp3) is 1.00. The topological polar surface area (TPSA) is 12.0 Å². The molecule has 0 atom stereocenters. The standard InChI is InChI=1S/C19H39N/c1-7-8-9-14-19(5,6)15-20-17-12-10-16(11-13-17)18(2,3)4/h16-17,20H,7-15H2,1-6H3. The van der Waals surface area contributed by atoms with Crippen molar-refractivity contribution in [2.45, 2.75) is 99.0 Å². The van der Waals surface area contributed by atoms with Gasteiger partial charge in [-0.05, 0) is 48.9 Å². The molecule has 1 fully saturated rings. The minimum absolute atomic E-state index is 0.468. The van der Waals surface area contributed by atoms with Crippen molar-refractivity contribution < 1.29 is 0 Å². The zero-order valence-corrected chi connectivity index (χ0v) is 15.0. The summed E-state index contributed by atoms with van der Waals surface area (Å²) >= 11 is 0. The van der Waals surface area contributed by atoms with Gasteiger partial charge in [-0.3, -0.25) is 0 Å². The minimum atomic E-state index is 0.468. The Bertz CT molecular complexity index is 253. The summed E-state index contributed by atoms with van der Waals surface area (Å²) < 4.78 is 0. The van der Waals surface area contributed by atoms with E-state index in [9.17, 15) is 0 Å². The summed E-state index contributed by atoms with van der Waals surface area (Å²) in [4.78, 5) is 0. The number of hydrogen-bond acceptors (Lipinski definition) is 1. The second kappa shape index (κ2) is 7.82. The van der Waals surface area contributed by atoms with Crippen molar-refractivity contribution >= 4 is 0 Å². The van der Waals surface area contributed by atoms with Gasteiger partial charge in [-0.25, -0.2) is 0 Å². The van der Waals surface area contributed by atoms with E-state index in [-0.39, 0.29) is 0 Å². The van der Waals surface area contributed by atoms with Crippen molar-refractivity contribution in [3.05, 3.63) is 0 Å². The van der Waals surface area contributed by atoms with Gasteiger partial charge < -0.3 is 5.32 Å². The SMILES string of the molecule is CCCCCC(C)(C)CNC1CCC(C(C)(C)C)CC1. The van der Waals surface area contributed by atoms with Gasteiger partial charge in [0.2, 0.25) is 0 Å². The Hall–Kier alpha value is -0.0400. The third kappa shape index (κ3) is 6.61. The van der Waals surface area contributed by atoms with Gasteiger partial charge in [-0.2, -0.15) is 0 Å². The molecule has 1 heteroatoms. The molecule has 0 aromatic rings. The molecule has 0 saturated heterocycles. The lowest BCUT2D eigenvalue weighted by Crippen LogP contribution is -2.40. The second-order valence-electron chi connectivity index (χ2n) is 8.92. The molecule has 0 bridgehead atoms. The molecule has 20 heavy (non-hydrogen) atoms. The molecule has 0 aromatic heterocycles. The predicted octanol–water partition coefficient (Wildman–Crippen LogP) is 5.79. The van der Waals surface area contributed by atoms with E-state index in [2.05, 4.69) is 46.9 Å². The maximum absolute atomic E-state index is 3.86. The Morgan fingerprint density at radius 1 is 0.900 bits per heavy atom. The van der Waals surface area contributed by atoms with Gasteiger partial charge in [0.25, 0.3) is 0 Å². The molecule has 1 saturated carbocycles.